The minimum Gasteiger partial charge on any atom is -0.493 e. The van der Waals surface area contributed by atoms with Gasteiger partial charge < -0.3 is 9.47 Å². The highest BCUT2D eigenvalue weighted by Gasteiger charge is 2.16. The molecule has 0 saturated carbocycles. The lowest BCUT2D eigenvalue weighted by Gasteiger charge is -2.15. The summed E-state index contributed by atoms with van der Waals surface area (Å²) < 4.78 is 11.5. The number of hydrogen-bond donors (Lipinski definition) is 0. The SMILES string of the molecule is COc1ccc(C(Br)c2ccc(Br)cc2Cl)cc1OC. The molecule has 0 fully saturated rings. The fraction of sp³-hybridized carbons (Fsp3) is 0.200. The second-order valence-electron chi connectivity index (χ2n) is 4.14. The van der Waals surface area contributed by atoms with E-state index in [1.54, 1.807) is 14.2 Å². The number of halogens is 3. The van der Waals surface area contributed by atoms with Crippen molar-refractivity contribution in [2.75, 3.05) is 14.2 Å². The second kappa shape index (κ2) is 6.83. The van der Waals surface area contributed by atoms with Crippen LogP contribution in [0.15, 0.2) is 40.9 Å². The molecule has 0 amide bonds. The first-order chi connectivity index (χ1) is 9.56. The van der Waals surface area contributed by atoms with Gasteiger partial charge in [0.25, 0.3) is 0 Å². The van der Waals surface area contributed by atoms with Crippen LogP contribution < -0.4 is 9.47 Å². The largest absolute Gasteiger partial charge is 0.493 e. The van der Waals surface area contributed by atoms with Crippen LogP contribution in [0.3, 0.4) is 0 Å². The lowest BCUT2D eigenvalue weighted by Crippen LogP contribution is -1.97. The molecule has 0 saturated heterocycles. The fourth-order valence-electron chi connectivity index (χ4n) is 1.90. The van der Waals surface area contributed by atoms with E-state index >= 15 is 0 Å². The first kappa shape index (κ1) is 15.7. The van der Waals surface area contributed by atoms with Gasteiger partial charge in [0.1, 0.15) is 0 Å². The van der Waals surface area contributed by atoms with E-state index in [0.717, 1.165) is 15.6 Å². The Morgan fingerprint density at radius 2 is 1.70 bits per heavy atom. The van der Waals surface area contributed by atoms with Gasteiger partial charge in [0.05, 0.1) is 19.0 Å². The lowest BCUT2D eigenvalue weighted by molar-refractivity contribution is 0.354. The smallest absolute Gasteiger partial charge is 0.161 e. The Balaban J connectivity index is 2.40. The Morgan fingerprint density at radius 1 is 1.00 bits per heavy atom. The average Bonchev–Trinajstić information content (AvgIpc) is 2.45. The molecule has 20 heavy (non-hydrogen) atoms. The van der Waals surface area contributed by atoms with E-state index in [0.29, 0.717) is 16.5 Å². The van der Waals surface area contributed by atoms with Crippen molar-refractivity contribution in [1.29, 1.82) is 0 Å². The van der Waals surface area contributed by atoms with Crippen LogP contribution in [0.4, 0.5) is 0 Å². The number of ether oxygens (including phenoxy) is 2. The quantitative estimate of drug-likeness (QED) is 0.599. The molecule has 0 aliphatic heterocycles. The Kier molecular flexibility index (Phi) is 5.35. The highest BCUT2D eigenvalue weighted by Crippen LogP contribution is 2.39. The molecule has 2 nitrogen and oxygen atoms in total. The van der Waals surface area contributed by atoms with Crippen molar-refractivity contribution in [3.05, 3.63) is 57.0 Å². The van der Waals surface area contributed by atoms with Gasteiger partial charge in [-0.25, -0.2) is 0 Å². The summed E-state index contributed by atoms with van der Waals surface area (Å²) in [6.45, 7) is 0. The van der Waals surface area contributed by atoms with E-state index < -0.39 is 0 Å². The van der Waals surface area contributed by atoms with E-state index in [-0.39, 0.29) is 4.83 Å². The Bertz CT molecular complexity index is 617. The molecule has 1 atom stereocenters. The number of rotatable bonds is 4. The second-order valence-corrected chi connectivity index (χ2v) is 6.38. The standard InChI is InChI=1S/C15H13Br2ClO2/c1-19-13-6-3-9(7-14(13)20-2)15(17)11-5-4-10(16)8-12(11)18/h3-8,15H,1-2H3. The Labute approximate surface area is 140 Å². The normalized spacial score (nSPS) is 12.1. The highest BCUT2D eigenvalue weighted by molar-refractivity contribution is 9.10. The van der Waals surface area contributed by atoms with Gasteiger partial charge in [-0.3, -0.25) is 0 Å². The van der Waals surface area contributed by atoms with Gasteiger partial charge in [-0.15, -0.1) is 0 Å². The molecule has 2 aromatic rings. The van der Waals surface area contributed by atoms with E-state index in [4.69, 9.17) is 21.1 Å². The van der Waals surface area contributed by atoms with Crippen LogP contribution in [0.2, 0.25) is 5.02 Å². The molecular weight excluding hydrogens is 407 g/mol. The number of benzene rings is 2. The predicted octanol–water partition coefficient (Wildman–Crippen LogP) is 5.60. The lowest BCUT2D eigenvalue weighted by atomic mass is 10.0. The van der Waals surface area contributed by atoms with E-state index in [2.05, 4.69) is 31.9 Å². The molecule has 0 heterocycles. The molecule has 0 aromatic heterocycles. The molecule has 2 rings (SSSR count). The summed E-state index contributed by atoms with van der Waals surface area (Å²) >= 11 is 13.4. The van der Waals surface area contributed by atoms with Gasteiger partial charge in [-0.1, -0.05) is 55.6 Å². The third-order valence-electron chi connectivity index (χ3n) is 2.94. The first-order valence-corrected chi connectivity index (χ1v) is 7.96. The first-order valence-electron chi connectivity index (χ1n) is 5.87. The van der Waals surface area contributed by atoms with Crippen LogP contribution >= 0.6 is 43.5 Å². The third kappa shape index (κ3) is 3.30. The van der Waals surface area contributed by atoms with Crippen molar-refractivity contribution in [1.82, 2.24) is 0 Å². The summed E-state index contributed by atoms with van der Waals surface area (Å²) in [6, 6.07) is 11.6. The molecule has 0 radical (unpaired) electrons. The molecule has 0 aliphatic carbocycles. The zero-order valence-corrected chi connectivity index (χ0v) is 14.9. The Morgan fingerprint density at radius 3 is 2.30 bits per heavy atom. The van der Waals surface area contributed by atoms with Crippen LogP contribution in [0.1, 0.15) is 16.0 Å². The van der Waals surface area contributed by atoms with Crippen molar-refractivity contribution < 1.29 is 9.47 Å². The van der Waals surface area contributed by atoms with Gasteiger partial charge >= 0.3 is 0 Å². The molecule has 106 valence electrons. The monoisotopic (exact) mass is 418 g/mol. The van der Waals surface area contributed by atoms with Crippen molar-refractivity contribution in [2.24, 2.45) is 0 Å². The van der Waals surface area contributed by atoms with Crippen LogP contribution in [0.5, 0.6) is 11.5 Å². The van der Waals surface area contributed by atoms with Gasteiger partial charge in [-0.05, 0) is 35.4 Å². The van der Waals surface area contributed by atoms with E-state index in [1.807, 2.05) is 36.4 Å². The number of hydrogen-bond acceptors (Lipinski definition) is 2. The van der Waals surface area contributed by atoms with E-state index in [1.165, 1.54) is 0 Å². The molecule has 0 aliphatic rings. The maximum absolute atomic E-state index is 6.29. The van der Waals surface area contributed by atoms with Gasteiger partial charge in [0.2, 0.25) is 0 Å². The molecular formula is C15H13Br2ClO2. The van der Waals surface area contributed by atoms with E-state index in [9.17, 15) is 0 Å². The summed E-state index contributed by atoms with van der Waals surface area (Å²) in [5, 5.41) is 0.705. The van der Waals surface area contributed by atoms with Crippen LogP contribution in [-0.2, 0) is 0 Å². The zero-order chi connectivity index (χ0) is 14.7. The highest BCUT2D eigenvalue weighted by atomic mass is 79.9. The van der Waals surface area contributed by atoms with Gasteiger partial charge in [-0.2, -0.15) is 0 Å². The summed E-state index contributed by atoms with van der Waals surface area (Å²) in [4.78, 5) is -0.0112. The summed E-state index contributed by atoms with van der Waals surface area (Å²) in [6.07, 6.45) is 0. The summed E-state index contributed by atoms with van der Waals surface area (Å²) in [5.41, 5.74) is 2.05. The van der Waals surface area contributed by atoms with Crippen LogP contribution in [0.25, 0.3) is 0 Å². The Hall–Kier alpha value is -0.710. The van der Waals surface area contributed by atoms with Crippen molar-refractivity contribution in [3.8, 4) is 11.5 Å². The maximum Gasteiger partial charge on any atom is 0.161 e. The molecule has 0 bridgehead atoms. The van der Waals surface area contributed by atoms with Crippen LogP contribution in [-0.4, -0.2) is 14.2 Å². The molecule has 0 spiro atoms. The fourth-order valence-corrected chi connectivity index (χ4v) is 3.50. The molecule has 0 N–H and O–H groups in total. The predicted molar refractivity (Wildman–Crippen MR) is 89.5 cm³/mol. The summed E-state index contributed by atoms with van der Waals surface area (Å²) in [7, 11) is 3.24. The minimum absolute atomic E-state index is 0.0112. The number of methoxy groups -OCH3 is 2. The van der Waals surface area contributed by atoms with Crippen molar-refractivity contribution in [2.45, 2.75) is 4.83 Å². The summed E-state index contributed by atoms with van der Waals surface area (Å²) in [5.74, 6) is 1.40. The van der Waals surface area contributed by atoms with Gasteiger partial charge in [0.15, 0.2) is 11.5 Å². The molecule has 5 heteroatoms. The van der Waals surface area contributed by atoms with Crippen molar-refractivity contribution >= 4 is 43.5 Å². The number of alkyl halides is 1. The maximum atomic E-state index is 6.29. The molecule has 2 aromatic carbocycles. The van der Waals surface area contributed by atoms with Gasteiger partial charge in [0, 0.05) is 9.50 Å². The van der Waals surface area contributed by atoms with Crippen LogP contribution in [0, 0.1) is 0 Å². The topological polar surface area (TPSA) is 18.5 Å². The molecule has 1 unspecified atom stereocenters. The van der Waals surface area contributed by atoms with Crippen molar-refractivity contribution in [3.63, 3.8) is 0 Å². The third-order valence-corrected chi connectivity index (χ3v) is 4.78. The minimum atomic E-state index is -0.0112. The average molecular weight is 421 g/mol. The zero-order valence-electron chi connectivity index (χ0n) is 11.0.